The number of allylic oxidation sites excluding steroid dienone is 3. The Bertz CT molecular complexity index is 2420. The van der Waals surface area contributed by atoms with Gasteiger partial charge in [0.25, 0.3) is 0 Å². The third-order valence-corrected chi connectivity index (χ3v) is 7.89. The van der Waals surface area contributed by atoms with E-state index in [1.54, 1.807) is 36.4 Å². The fraction of sp³-hybridized carbons (Fsp3) is 0.306. The molecule has 1 aromatic carbocycles. The predicted molar refractivity (Wildman–Crippen MR) is 184 cm³/mol. The second kappa shape index (κ2) is 16.5. The van der Waals surface area contributed by atoms with Gasteiger partial charge in [0.05, 0.1) is 33.5 Å². The number of nitrogens with zero attached hydrogens (tertiary/aromatic N) is 2. The van der Waals surface area contributed by atoms with Crippen LogP contribution in [0.2, 0.25) is 0 Å². The van der Waals surface area contributed by atoms with Crippen LogP contribution in [-0.2, 0) is 11.8 Å². The van der Waals surface area contributed by atoms with Crippen molar-refractivity contribution in [2.24, 2.45) is 5.18 Å². The maximum Gasteiger partial charge on any atom is 1.00 e. The minimum Gasteiger partial charge on any atom is -0.623 e. The summed E-state index contributed by atoms with van der Waals surface area (Å²) in [5.41, 5.74) is -6.71. The third kappa shape index (κ3) is 6.00. The molecule has 1 spiro atoms. The van der Waals surface area contributed by atoms with Crippen LogP contribution >= 0.6 is 0 Å². The van der Waals surface area contributed by atoms with E-state index in [1.807, 2.05) is 48.5 Å². The van der Waals surface area contributed by atoms with Crippen molar-refractivity contribution in [3.63, 3.8) is 0 Å². The quantitative estimate of drug-likeness (QED) is 0.175. The number of aliphatic hydroxyl groups is 2. The van der Waals surface area contributed by atoms with E-state index in [2.05, 4.69) is 10.2 Å². The fourth-order valence-electron chi connectivity index (χ4n) is 6.16. The molecule has 1 aromatic heterocycles. The monoisotopic (exact) mass is 680 g/mol. The van der Waals surface area contributed by atoms with Crippen LogP contribution in [0.3, 0.4) is 0 Å². The van der Waals surface area contributed by atoms with Gasteiger partial charge in [0.15, 0.2) is 11.2 Å². The van der Waals surface area contributed by atoms with Crippen LogP contribution in [0.4, 0.5) is 5.69 Å². The molecule has 2 aromatic rings. The molecule has 4 aliphatic rings. The number of ether oxygens (including phenoxy) is 1. The maximum atomic E-state index is 13.6. The van der Waals surface area contributed by atoms with Crippen LogP contribution in [0.5, 0.6) is 5.75 Å². The molecule has 0 aliphatic heterocycles. The summed E-state index contributed by atoms with van der Waals surface area (Å²) >= 11 is 0. The molecule has 0 radical (unpaired) electrons. The molecule has 11 nitrogen and oxygen atoms in total. The van der Waals surface area contributed by atoms with E-state index in [4.69, 9.17) is 4.74 Å². The molecule has 1 atom stereocenters. The van der Waals surface area contributed by atoms with Gasteiger partial charge in [-0.2, -0.15) is 0 Å². The Kier molecular flexibility index (Phi) is 13.9. The molecule has 0 fully saturated rings. The van der Waals surface area contributed by atoms with Gasteiger partial charge in [-0.3, -0.25) is 19.2 Å². The molecule has 1 unspecified atom stereocenters. The van der Waals surface area contributed by atoms with Crippen molar-refractivity contribution in [3.05, 3.63) is 130 Å². The van der Waals surface area contributed by atoms with E-state index in [1.165, 1.54) is 0 Å². The SMILES string of the molecule is C/C=C/C=C/c1cc2cc3c(c(N=O)c2c(=O)[n-]1)C1(CC3)C(O)=c2c(=O)c3c(=O)cc(OC)c(=O)c=3c(=O)c2=C1O.CC.CC.CC.[K+]. The Hall–Kier alpha value is -3.81. The van der Waals surface area contributed by atoms with Gasteiger partial charge in [0, 0.05) is 17.0 Å². The Labute approximate surface area is 317 Å². The minimum atomic E-state index is -1.99. The molecule has 1 heterocycles. The standard InChI is InChI=1S/C30H20N2O9.3C2H6.K/c1-3-4-5-6-14-10-13-9-12-7-8-30(22(12)23(32-40)17(13)29(39)31-14)27(37)20-21(28(30)38)26(36)19-18(25(20)35)15(33)11-16(41-2)24(19)34;3*1-2;/h3-6,9-11H,7-8H2,1-2H3,(H3,31,33,34,35,36,37,38,39,40);3*1-2H3;/q;;;;+1/p-1/b4-3+,6-5+;;;;. The minimum absolute atomic E-state index is 0. The zero-order valence-electron chi connectivity index (χ0n) is 28.6. The second-order valence-electron chi connectivity index (χ2n) is 9.85. The largest absolute Gasteiger partial charge is 1.00 e. The van der Waals surface area contributed by atoms with E-state index in [9.17, 15) is 39.1 Å². The van der Waals surface area contributed by atoms with Crippen molar-refractivity contribution in [1.29, 1.82) is 0 Å². The van der Waals surface area contributed by atoms with Crippen molar-refractivity contribution in [2.75, 3.05) is 7.11 Å². The van der Waals surface area contributed by atoms with Crippen molar-refractivity contribution < 1.29 is 66.3 Å². The average Bonchev–Trinajstić information content (AvgIpc) is 3.58. The van der Waals surface area contributed by atoms with Gasteiger partial charge in [-0.05, 0) is 35.9 Å². The average molecular weight is 681 g/mol. The Morgan fingerprint density at radius 2 is 1.42 bits per heavy atom. The predicted octanol–water partition coefficient (Wildman–Crippen LogP) is 0.507. The summed E-state index contributed by atoms with van der Waals surface area (Å²) in [5, 5.41) is 23.6. The van der Waals surface area contributed by atoms with Gasteiger partial charge in [-0.25, -0.2) is 0 Å². The number of hydrogen-bond acceptors (Lipinski definition) is 10. The molecule has 246 valence electrons. The Balaban J connectivity index is 0.00000108. The molecule has 48 heavy (non-hydrogen) atoms. The molecule has 2 N–H and O–H groups in total. The van der Waals surface area contributed by atoms with Gasteiger partial charge >= 0.3 is 51.4 Å². The summed E-state index contributed by atoms with van der Waals surface area (Å²) < 4.78 is 4.89. The molecule has 12 heteroatoms. The summed E-state index contributed by atoms with van der Waals surface area (Å²) in [5.74, 6) is -2.01. The van der Waals surface area contributed by atoms with Crippen molar-refractivity contribution >= 4 is 34.1 Å². The molecule has 6 rings (SSSR count). The number of aryl methyl sites for hydroxylation is 1. The zero-order chi connectivity index (χ0) is 35.4. The number of methoxy groups -OCH3 is 1. The molecule has 0 bridgehead atoms. The number of rotatable bonds is 4. The first-order chi connectivity index (χ1) is 22.6. The number of pyridine rings is 1. The van der Waals surface area contributed by atoms with Crippen LogP contribution in [0.1, 0.15) is 71.7 Å². The summed E-state index contributed by atoms with van der Waals surface area (Å²) in [6, 6.07) is 3.97. The first-order valence-corrected chi connectivity index (χ1v) is 15.5. The summed E-state index contributed by atoms with van der Waals surface area (Å²) in [6.07, 6.45) is 6.89. The van der Waals surface area contributed by atoms with Crippen LogP contribution in [0.15, 0.2) is 65.6 Å². The van der Waals surface area contributed by atoms with Crippen LogP contribution < -0.4 is 98.8 Å². The fourth-order valence-corrected chi connectivity index (χ4v) is 6.16. The van der Waals surface area contributed by atoms with Gasteiger partial charge < -0.3 is 24.7 Å². The smallest absolute Gasteiger partial charge is 0.623 e. The normalized spacial score (nSPS) is 15.7. The van der Waals surface area contributed by atoms with Gasteiger partial charge in [0.2, 0.25) is 16.3 Å². The topological polar surface area (TPSA) is 179 Å². The Morgan fingerprint density at radius 3 is 1.96 bits per heavy atom. The van der Waals surface area contributed by atoms with E-state index in [0.717, 1.165) is 13.2 Å². The van der Waals surface area contributed by atoms with E-state index < -0.39 is 76.5 Å². The Morgan fingerprint density at radius 1 is 0.833 bits per heavy atom. The molecule has 0 saturated heterocycles. The van der Waals surface area contributed by atoms with E-state index >= 15 is 0 Å². The van der Waals surface area contributed by atoms with E-state index in [-0.39, 0.29) is 75.2 Å². The van der Waals surface area contributed by atoms with Gasteiger partial charge in [-0.15, -0.1) is 10.6 Å². The van der Waals surface area contributed by atoms with Crippen molar-refractivity contribution in [2.45, 2.75) is 66.7 Å². The summed E-state index contributed by atoms with van der Waals surface area (Å²) in [4.78, 5) is 82.2. The molecule has 0 saturated carbocycles. The first-order valence-electron chi connectivity index (χ1n) is 15.5. The van der Waals surface area contributed by atoms with Crippen LogP contribution in [0.25, 0.3) is 28.4 Å². The van der Waals surface area contributed by atoms with Crippen LogP contribution in [0, 0.1) is 15.3 Å². The molecular formula is C36H37KN2O9. The van der Waals surface area contributed by atoms with E-state index in [0.29, 0.717) is 16.6 Å². The van der Waals surface area contributed by atoms with Gasteiger partial charge in [0.1, 0.15) is 22.6 Å². The number of aliphatic hydroxyl groups excluding tert-OH is 2. The first kappa shape index (κ1) is 40.4. The number of benzene rings is 1. The number of nitroso groups, excluding NO2 is 1. The number of hydrogen-bond donors (Lipinski definition) is 2. The molecular weight excluding hydrogens is 643 g/mol. The number of fused-ring (bicyclic) bond motifs is 4. The number of aromatic nitrogens is 1. The summed E-state index contributed by atoms with van der Waals surface area (Å²) in [7, 11) is 1.12. The van der Waals surface area contributed by atoms with Gasteiger partial charge in [-0.1, -0.05) is 78.0 Å². The van der Waals surface area contributed by atoms with Crippen LogP contribution in [-0.4, -0.2) is 17.3 Å². The third-order valence-electron chi connectivity index (χ3n) is 7.89. The van der Waals surface area contributed by atoms with Crippen molar-refractivity contribution in [3.8, 4) is 5.75 Å². The second-order valence-corrected chi connectivity index (χ2v) is 9.85. The maximum absolute atomic E-state index is 13.6. The van der Waals surface area contributed by atoms with Crippen molar-refractivity contribution in [1.82, 2.24) is 4.98 Å². The summed E-state index contributed by atoms with van der Waals surface area (Å²) in [6.45, 7) is 13.8. The zero-order valence-corrected chi connectivity index (χ0v) is 31.7. The molecule has 4 aliphatic carbocycles. The molecule has 0 amide bonds.